The number of benzene rings is 1. The molecular formula is C10H8Cl2N2O. The summed E-state index contributed by atoms with van der Waals surface area (Å²) >= 11 is 12.0. The van der Waals surface area contributed by atoms with Gasteiger partial charge in [-0.05, 0) is 19.1 Å². The lowest BCUT2D eigenvalue weighted by Crippen LogP contribution is -1.90. The SMILES string of the molecule is Cc1onc(-c2c(Cl)cccc2Cl)c1N. The molecule has 0 atom stereocenters. The molecule has 0 amide bonds. The van der Waals surface area contributed by atoms with E-state index < -0.39 is 0 Å². The maximum atomic E-state index is 6.02. The quantitative estimate of drug-likeness (QED) is 0.833. The molecule has 2 N–H and O–H groups in total. The standard InChI is InChI=1S/C10H8Cl2N2O/c1-5-9(13)10(14-15-5)8-6(11)3-2-4-7(8)12/h2-4H,13H2,1H3. The lowest BCUT2D eigenvalue weighted by Gasteiger charge is -2.03. The normalized spacial score (nSPS) is 10.6. The van der Waals surface area contributed by atoms with Crippen LogP contribution in [-0.4, -0.2) is 5.16 Å². The highest BCUT2D eigenvalue weighted by atomic mass is 35.5. The fraction of sp³-hybridized carbons (Fsp3) is 0.100. The van der Waals surface area contributed by atoms with Gasteiger partial charge in [0, 0.05) is 5.56 Å². The first-order chi connectivity index (χ1) is 7.11. The smallest absolute Gasteiger partial charge is 0.157 e. The maximum Gasteiger partial charge on any atom is 0.157 e. The number of anilines is 1. The molecule has 1 aromatic carbocycles. The van der Waals surface area contributed by atoms with Gasteiger partial charge in [-0.15, -0.1) is 0 Å². The molecule has 0 unspecified atom stereocenters. The van der Waals surface area contributed by atoms with E-state index in [0.717, 1.165) is 0 Å². The van der Waals surface area contributed by atoms with Crippen LogP contribution in [0.15, 0.2) is 22.7 Å². The van der Waals surface area contributed by atoms with E-state index in [4.69, 9.17) is 33.5 Å². The number of nitrogens with two attached hydrogens (primary N) is 1. The first kappa shape index (κ1) is 10.3. The minimum absolute atomic E-state index is 0.463. The van der Waals surface area contributed by atoms with E-state index in [0.29, 0.717) is 32.8 Å². The van der Waals surface area contributed by atoms with Gasteiger partial charge in [0.05, 0.1) is 10.0 Å². The fourth-order valence-electron chi connectivity index (χ4n) is 1.28. The summed E-state index contributed by atoms with van der Waals surface area (Å²) in [4.78, 5) is 0. The molecule has 2 rings (SSSR count). The summed E-state index contributed by atoms with van der Waals surface area (Å²) in [7, 11) is 0. The average molecular weight is 243 g/mol. The molecule has 15 heavy (non-hydrogen) atoms. The van der Waals surface area contributed by atoms with Crippen molar-refractivity contribution in [2.45, 2.75) is 6.92 Å². The number of hydrogen-bond donors (Lipinski definition) is 1. The van der Waals surface area contributed by atoms with E-state index in [1.54, 1.807) is 25.1 Å². The second-order valence-corrected chi connectivity index (χ2v) is 3.91. The fourth-order valence-corrected chi connectivity index (χ4v) is 1.86. The van der Waals surface area contributed by atoms with E-state index in [2.05, 4.69) is 5.16 Å². The molecule has 5 heteroatoms. The van der Waals surface area contributed by atoms with Gasteiger partial charge in [-0.2, -0.15) is 0 Å². The van der Waals surface area contributed by atoms with Crippen LogP contribution in [0.2, 0.25) is 10.0 Å². The van der Waals surface area contributed by atoms with Crippen molar-refractivity contribution in [2.24, 2.45) is 0 Å². The molecule has 78 valence electrons. The molecule has 0 saturated carbocycles. The molecule has 0 aliphatic rings. The Labute approximate surface area is 96.8 Å². The number of aryl methyl sites for hydroxylation is 1. The number of nitrogen functional groups attached to an aromatic ring is 1. The van der Waals surface area contributed by atoms with E-state index in [-0.39, 0.29) is 0 Å². The highest BCUT2D eigenvalue weighted by molar-refractivity contribution is 6.39. The third-order valence-electron chi connectivity index (χ3n) is 2.11. The Kier molecular flexibility index (Phi) is 2.59. The number of aromatic nitrogens is 1. The predicted octanol–water partition coefficient (Wildman–Crippen LogP) is 3.54. The van der Waals surface area contributed by atoms with Crippen LogP contribution in [0.25, 0.3) is 11.3 Å². The Morgan fingerprint density at radius 2 is 1.87 bits per heavy atom. The van der Waals surface area contributed by atoms with Crippen molar-refractivity contribution in [1.29, 1.82) is 0 Å². The minimum atomic E-state index is 0.463. The predicted molar refractivity (Wildman–Crippen MR) is 61.1 cm³/mol. The number of nitrogens with zero attached hydrogens (tertiary/aromatic N) is 1. The monoisotopic (exact) mass is 242 g/mol. The van der Waals surface area contributed by atoms with E-state index >= 15 is 0 Å². The lowest BCUT2D eigenvalue weighted by molar-refractivity contribution is 0.400. The first-order valence-electron chi connectivity index (χ1n) is 4.27. The van der Waals surface area contributed by atoms with Crippen molar-refractivity contribution >= 4 is 28.9 Å². The third-order valence-corrected chi connectivity index (χ3v) is 2.74. The van der Waals surface area contributed by atoms with Gasteiger partial charge in [0.15, 0.2) is 5.76 Å². The maximum absolute atomic E-state index is 6.02. The van der Waals surface area contributed by atoms with Crippen LogP contribution in [0.5, 0.6) is 0 Å². The zero-order valence-electron chi connectivity index (χ0n) is 7.92. The van der Waals surface area contributed by atoms with Crippen molar-refractivity contribution in [1.82, 2.24) is 5.16 Å². The molecular weight excluding hydrogens is 235 g/mol. The van der Waals surface area contributed by atoms with E-state index in [1.165, 1.54) is 0 Å². The Bertz CT molecular complexity index is 488. The molecule has 0 fully saturated rings. The van der Waals surface area contributed by atoms with Crippen molar-refractivity contribution in [3.8, 4) is 11.3 Å². The average Bonchev–Trinajstić information content (AvgIpc) is 2.49. The van der Waals surface area contributed by atoms with Crippen molar-refractivity contribution in [2.75, 3.05) is 5.73 Å². The van der Waals surface area contributed by atoms with Crippen LogP contribution in [0, 0.1) is 6.92 Å². The summed E-state index contributed by atoms with van der Waals surface area (Å²) in [6.45, 7) is 1.73. The van der Waals surface area contributed by atoms with Gasteiger partial charge < -0.3 is 10.3 Å². The van der Waals surface area contributed by atoms with Crippen molar-refractivity contribution in [3.63, 3.8) is 0 Å². The number of rotatable bonds is 1. The topological polar surface area (TPSA) is 52.0 Å². The van der Waals surface area contributed by atoms with Crippen LogP contribution < -0.4 is 5.73 Å². The molecule has 0 aliphatic carbocycles. The van der Waals surface area contributed by atoms with Crippen LogP contribution in [0.4, 0.5) is 5.69 Å². The molecule has 1 heterocycles. The summed E-state index contributed by atoms with van der Waals surface area (Å²) in [6, 6.07) is 5.22. The highest BCUT2D eigenvalue weighted by Crippen LogP contribution is 2.37. The summed E-state index contributed by atoms with van der Waals surface area (Å²) in [5.74, 6) is 0.556. The van der Waals surface area contributed by atoms with Crippen LogP contribution in [0.1, 0.15) is 5.76 Å². The summed E-state index contributed by atoms with van der Waals surface area (Å²) in [5, 5.41) is 4.84. The number of halogens is 2. The molecule has 0 saturated heterocycles. The van der Waals surface area contributed by atoms with Gasteiger partial charge in [0.2, 0.25) is 0 Å². The van der Waals surface area contributed by atoms with Crippen molar-refractivity contribution in [3.05, 3.63) is 34.0 Å². The third kappa shape index (κ3) is 1.68. The summed E-state index contributed by atoms with van der Waals surface area (Å²) < 4.78 is 4.97. The Morgan fingerprint density at radius 3 is 2.33 bits per heavy atom. The lowest BCUT2D eigenvalue weighted by atomic mass is 10.1. The zero-order valence-corrected chi connectivity index (χ0v) is 9.43. The summed E-state index contributed by atoms with van der Waals surface area (Å²) in [5.41, 5.74) is 7.36. The van der Waals surface area contributed by atoms with Crippen LogP contribution >= 0.6 is 23.2 Å². The molecule has 3 nitrogen and oxygen atoms in total. The molecule has 0 bridgehead atoms. The van der Waals surface area contributed by atoms with Gasteiger partial charge in [-0.1, -0.05) is 34.4 Å². The minimum Gasteiger partial charge on any atom is -0.394 e. The Hall–Kier alpha value is -1.19. The second kappa shape index (κ2) is 3.76. The van der Waals surface area contributed by atoms with Gasteiger partial charge in [0.25, 0.3) is 0 Å². The second-order valence-electron chi connectivity index (χ2n) is 3.10. The molecule has 1 aromatic heterocycles. The highest BCUT2D eigenvalue weighted by Gasteiger charge is 2.16. The van der Waals surface area contributed by atoms with Gasteiger partial charge in [-0.3, -0.25) is 0 Å². The van der Waals surface area contributed by atoms with E-state index in [9.17, 15) is 0 Å². The molecule has 2 aromatic rings. The Morgan fingerprint density at radius 1 is 1.27 bits per heavy atom. The van der Waals surface area contributed by atoms with E-state index in [1.807, 2.05) is 0 Å². The van der Waals surface area contributed by atoms with Crippen LogP contribution in [0.3, 0.4) is 0 Å². The summed E-state index contributed by atoms with van der Waals surface area (Å²) in [6.07, 6.45) is 0. The Balaban J connectivity index is 2.69. The number of hydrogen-bond acceptors (Lipinski definition) is 3. The van der Waals surface area contributed by atoms with Gasteiger partial charge in [0.1, 0.15) is 11.4 Å². The molecule has 0 spiro atoms. The first-order valence-corrected chi connectivity index (χ1v) is 5.03. The van der Waals surface area contributed by atoms with Crippen LogP contribution in [-0.2, 0) is 0 Å². The van der Waals surface area contributed by atoms with Gasteiger partial charge in [-0.25, -0.2) is 0 Å². The van der Waals surface area contributed by atoms with Crippen molar-refractivity contribution < 1.29 is 4.52 Å². The molecule has 0 radical (unpaired) electrons. The largest absolute Gasteiger partial charge is 0.394 e. The molecule has 0 aliphatic heterocycles. The zero-order chi connectivity index (χ0) is 11.0. The van der Waals surface area contributed by atoms with Gasteiger partial charge >= 0.3 is 0 Å².